The van der Waals surface area contributed by atoms with Crippen LogP contribution in [0.3, 0.4) is 0 Å². The average Bonchev–Trinajstić information content (AvgIpc) is 2.82. The maximum atomic E-state index is 14.3. The number of carbonyl (C=O) groups excluding carboxylic acids is 3. The Morgan fingerprint density at radius 1 is 0.974 bits per heavy atom. The minimum absolute atomic E-state index is 0.127. The Labute approximate surface area is 234 Å². The summed E-state index contributed by atoms with van der Waals surface area (Å²) in [6.45, 7) is 17.6. The molecule has 0 bridgehead atoms. The summed E-state index contributed by atoms with van der Waals surface area (Å²) in [5.74, 6) is -0.460. The molecule has 2 rings (SSSR count). The Hall–Kier alpha value is -3.35. The fourth-order valence-electron chi connectivity index (χ4n) is 4.46. The monoisotopic (exact) mass is 537 g/mol. The fourth-order valence-corrected chi connectivity index (χ4v) is 4.46. The normalized spacial score (nSPS) is 13.0. The summed E-state index contributed by atoms with van der Waals surface area (Å²) in [7, 11) is 0. The van der Waals surface area contributed by atoms with E-state index in [-0.39, 0.29) is 17.7 Å². The van der Waals surface area contributed by atoms with Gasteiger partial charge in [0.25, 0.3) is 5.91 Å². The van der Waals surface area contributed by atoms with Crippen LogP contribution in [-0.4, -0.2) is 41.0 Å². The van der Waals surface area contributed by atoms with E-state index < -0.39 is 23.8 Å². The van der Waals surface area contributed by atoms with Gasteiger partial charge in [0.2, 0.25) is 5.91 Å². The molecule has 0 aliphatic carbocycles. The Bertz CT molecular complexity index is 1140. The lowest BCUT2D eigenvalue weighted by atomic mass is 9.94. The van der Waals surface area contributed by atoms with Crippen molar-refractivity contribution in [1.29, 1.82) is 0 Å². The number of amides is 3. The average molecular weight is 538 g/mol. The van der Waals surface area contributed by atoms with Crippen LogP contribution in [-0.2, 0) is 14.3 Å². The molecule has 7 heteroatoms. The van der Waals surface area contributed by atoms with Gasteiger partial charge in [0.15, 0.2) is 0 Å². The number of aryl methyl sites for hydroxylation is 3. The quantitative estimate of drug-likeness (QED) is 0.328. The van der Waals surface area contributed by atoms with Crippen LogP contribution in [0.15, 0.2) is 42.5 Å². The summed E-state index contributed by atoms with van der Waals surface area (Å²) in [6.07, 6.45) is 1.33. The third-order valence-corrected chi connectivity index (χ3v) is 6.42. The highest BCUT2D eigenvalue weighted by Gasteiger charge is 2.37. The lowest BCUT2D eigenvalue weighted by Gasteiger charge is -2.35. The maximum absolute atomic E-state index is 14.3. The molecule has 2 aromatic carbocycles. The topological polar surface area (TPSA) is 87.7 Å². The van der Waals surface area contributed by atoms with E-state index in [0.29, 0.717) is 25.1 Å². The number of carbonyl (C=O) groups is 3. The van der Waals surface area contributed by atoms with Gasteiger partial charge in [0, 0.05) is 12.2 Å². The first-order chi connectivity index (χ1) is 18.2. The number of anilines is 1. The number of ether oxygens (including phenoxy) is 1. The highest BCUT2D eigenvalue weighted by atomic mass is 16.6. The Morgan fingerprint density at radius 3 is 2.23 bits per heavy atom. The largest absolute Gasteiger partial charge is 0.444 e. The van der Waals surface area contributed by atoms with Crippen molar-refractivity contribution >= 4 is 23.6 Å². The molecule has 39 heavy (non-hydrogen) atoms. The van der Waals surface area contributed by atoms with Crippen molar-refractivity contribution in [3.05, 3.63) is 64.7 Å². The van der Waals surface area contributed by atoms with Crippen LogP contribution in [0.2, 0.25) is 0 Å². The molecule has 2 N–H and O–H groups in total. The molecule has 2 unspecified atom stereocenters. The smallest absolute Gasteiger partial charge is 0.408 e. The maximum Gasteiger partial charge on any atom is 0.408 e. The molecular weight excluding hydrogens is 490 g/mol. The van der Waals surface area contributed by atoms with E-state index in [0.717, 1.165) is 28.7 Å². The van der Waals surface area contributed by atoms with Crippen molar-refractivity contribution in [2.45, 2.75) is 99.3 Å². The summed E-state index contributed by atoms with van der Waals surface area (Å²) < 4.78 is 5.48. The van der Waals surface area contributed by atoms with Crippen LogP contribution in [0.1, 0.15) is 89.1 Å². The predicted octanol–water partition coefficient (Wildman–Crippen LogP) is 6.86. The van der Waals surface area contributed by atoms with Crippen molar-refractivity contribution in [1.82, 2.24) is 10.2 Å². The number of unbranched alkanes of at least 4 members (excludes halogenated alkanes) is 1. The van der Waals surface area contributed by atoms with Crippen LogP contribution >= 0.6 is 0 Å². The third-order valence-electron chi connectivity index (χ3n) is 6.42. The third kappa shape index (κ3) is 9.72. The second-order valence-electron chi connectivity index (χ2n) is 11.8. The number of benzene rings is 2. The van der Waals surface area contributed by atoms with Crippen molar-refractivity contribution in [2.24, 2.45) is 5.92 Å². The molecule has 0 spiro atoms. The number of rotatable bonds is 11. The molecule has 0 heterocycles. The van der Waals surface area contributed by atoms with Gasteiger partial charge in [0.1, 0.15) is 17.7 Å². The number of alkyl carbamates (subject to hydrolysis) is 1. The summed E-state index contributed by atoms with van der Waals surface area (Å²) >= 11 is 0. The molecule has 0 aromatic heterocycles. The Morgan fingerprint density at radius 2 is 1.64 bits per heavy atom. The van der Waals surface area contributed by atoms with Crippen LogP contribution in [0.25, 0.3) is 0 Å². The van der Waals surface area contributed by atoms with E-state index in [1.165, 1.54) is 0 Å². The van der Waals surface area contributed by atoms with Gasteiger partial charge in [-0.05, 0) is 83.1 Å². The zero-order chi connectivity index (χ0) is 29.3. The van der Waals surface area contributed by atoms with Crippen LogP contribution in [0, 0.1) is 26.7 Å². The minimum Gasteiger partial charge on any atom is -0.444 e. The lowest BCUT2D eigenvalue weighted by molar-refractivity contribution is -0.141. The predicted molar refractivity (Wildman–Crippen MR) is 158 cm³/mol. The molecule has 0 aliphatic rings. The molecule has 3 amide bonds. The second-order valence-corrected chi connectivity index (χ2v) is 11.8. The van der Waals surface area contributed by atoms with E-state index >= 15 is 0 Å². The Kier molecular flexibility index (Phi) is 11.6. The van der Waals surface area contributed by atoms with Gasteiger partial charge in [-0.15, -0.1) is 0 Å². The van der Waals surface area contributed by atoms with Crippen molar-refractivity contribution in [3.8, 4) is 0 Å². The van der Waals surface area contributed by atoms with Crippen LogP contribution in [0.4, 0.5) is 10.5 Å². The van der Waals surface area contributed by atoms with Gasteiger partial charge < -0.3 is 20.3 Å². The van der Waals surface area contributed by atoms with Crippen molar-refractivity contribution < 1.29 is 19.1 Å². The van der Waals surface area contributed by atoms with Gasteiger partial charge >= 0.3 is 6.09 Å². The van der Waals surface area contributed by atoms with Crippen LogP contribution < -0.4 is 10.6 Å². The highest BCUT2D eigenvalue weighted by molar-refractivity contribution is 5.99. The van der Waals surface area contributed by atoms with Gasteiger partial charge in [0.05, 0.1) is 0 Å². The number of para-hydroxylation sites is 1. The number of hydrogen-bond donors (Lipinski definition) is 2. The zero-order valence-electron chi connectivity index (χ0n) is 25.2. The molecule has 0 saturated heterocycles. The molecule has 2 atom stereocenters. The van der Waals surface area contributed by atoms with Gasteiger partial charge in [-0.25, -0.2) is 4.79 Å². The first-order valence-corrected chi connectivity index (χ1v) is 14.0. The molecule has 0 saturated carbocycles. The molecule has 7 nitrogen and oxygen atoms in total. The molecule has 0 fully saturated rings. The lowest BCUT2D eigenvalue weighted by Crippen LogP contribution is -2.53. The van der Waals surface area contributed by atoms with Gasteiger partial charge in [-0.1, -0.05) is 69.2 Å². The molecule has 2 aromatic rings. The highest BCUT2D eigenvalue weighted by Crippen LogP contribution is 2.29. The summed E-state index contributed by atoms with van der Waals surface area (Å²) in [6, 6.07) is 11.8. The number of nitrogens with zero attached hydrogens (tertiary/aromatic N) is 1. The Balaban J connectivity index is 2.59. The molecule has 214 valence electrons. The number of hydrogen-bond acceptors (Lipinski definition) is 4. The molecule has 0 radical (unpaired) electrons. The van der Waals surface area contributed by atoms with Gasteiger partial charge in [-0.3, -0.25) is 9.59 Å². The van der Waals surface area contributed by atoms with E-state index in [2.05, 4.69) is 10.6 Å². The zero-order valence-corrected chi connectivity index (χ0v) is 25.2. The molecule has 0 aliphatic heterocycles. The van der Waals surface area contributed by atoms with E-state index in [9.17, 15) is 14.4 Å². The minimum atomic E-state index is -0.876. The van der Waals surface area contributed by atoms with E-state index in [1.807, 2.05) is 84.0 Å². The van der Waals surface area contributed by atoms with E-state index in [4.69, 9.17) is 4.74 Å². The van der Waals surface area contributed by atoms with E-state index in [1.54, 1.807) is 25.7 Å². The fraction of sp³-hybridized carbons (Fsp3) is 0.531. The van der Waals surface area contributed by atoms with Gasteiger partial charge in [-0.2, -0.15) is 0 Å². The van der Waals surface area contributed by atoms with Crippen molar-refractivity contribution in [2.75, 3.05) is 11.9 Å². The standard InChI is InChI=1S/C32H47N3O4/c1-10-11-18-35(30(37)27(19-21(2)3)34-31(38)39-32(7,8)9)28(25-20-22(4)16-17-23(25)5)29(36)33-26-15-13-12-14-24(26)6/h12-17,20-21,27-28H,10-11,18-19H2,1-9H3,(H,33,36)(H,34,38). The molecular formula is C32H47N3O4. The summed E-state index contributed by atoms with van der Waals surface area (Å²) in [5, 5.41) is 5.88. The van der Waals surface area contributed by atoms with Crippen LogP contribution in [0.5, 0.6) is 0 Å². The first-order valence-electron chi connectivity index (χ1n) is 14.0. The summed E-state index contributed by atoms with van der Waals surface area (Å²) in [5.41, 5.74) is 3.61. The SMILES string of the molecule is CCCCN(C(=O)C(CC(C)C)NC(=O)OC(C)(C)C)C(C(=O)Nc1ccccc1C)c1cc(C)ccc1C. The summed E-state index contributed by atoms with van der Waals surface area (Å²) in [4.78, 5) is 42.8. The number of nitrogens with one attached hydrogen (secondary N) is 2. The second kappa shape index (κ2) is 14.2. The first kappa shape index (κ1) is 31.9. The van der Waals surface area contributed by atoms with Crippen molar-refractivity contribution in [3.63, 3.8) is 0 Å².